The van der Waals surface area contributed by atoms with Crippen molar-refractivity contribution >= 4 is 11.6 Å². The molecule has 0 saturated carbocycles. The molecule has 1 unspecified atom stereocenters. The zero-order chi connectivity index (χ0) is 14.7. The Hall–Kier alpha value is -1.65. The van der Waals surface area contributed by atoms with Gasteiger partial charge in [-0.25, -0.2) is 8.78 Å². The SMILES string of the molecule is COc1cc(C(N)Cc2ccc(F)cc2F)ccc1Cl. The van der Waals surface area contributed by atoms with Gasteiger partial charge < -0.3 is 10.5 Å². The van der Waals surface area contributed by atoms with E-state index in [0.29, 0.717) is 16.3 Å². The molecule has 2 nitrogen and oxygen atoms in total. The fourth-order valence-corrected chi connectivity index (χ4v) is 2.14. The minimum Gasteiger partial charge on any atom is -0.495 e. The number of halogens is 3. The highest BCUT2D eigenvalue weighted by Crippen LogP contribution is 2.28. The van der Waals surface area contributed by atoms with E-state index in [2.05, 4.69) is 0 Å². The number of ether oxygens (including phenoxy) is 1. The summed E-state index contributed by atoms with van der Waals surface area (Å²) in [5.41, 5.74) is 7.19. The Morgan fingerprint density at radius 3 is 2.60 bits per heavy atom. The Morgan fingerprint density at radius 1 is 1.20 bits per heavy atom. The standard InChI is InChI=1S/C15H14ClF2NO/c1-20-15-7-10(3-5-12(15)16)14(19)6-9-2-4-11(17)8-13(9)18/h2-5,7-8,14H,6,19H2,1H3. The number of rotatable bonds is 4. The van der Waals surface area contributed by atoms with E-state index in [1.165, 1.54) is 19.2 Å². The van der Waals surface area contributed by atoms with Crippen LogP contribution < -0.4 is 10.5 Å². The number of benzene rings is 2. The molecule has 1 atom stereocenters. The topological polar surface area (TPSA) is 35.2 Å². The second-order valence-corrected chi connectivity index (χ2v) is 4.85. The summed E-state index contributed by atoms with van der Waals surface area (Å²) in [4.78, 5) is 0. The second kappa shape index (κ2) is 6.20. The van der Waals surface area contributed by atoms with Gasteiger partial charge in [0.1, 0.15) is 17.4 Å². The van der Waals surface area contributed by atoms with Gasteiger partial charge in [0.2, 0.25) is 0 Å². The second-order valence-electron chi connectivity index (χ2n) is 4.44. The van der Waals surface area contributed by atoms with Crippen LogP contribution in [0.5, 0.6) is 5.75 Å². The maximum Gasteiger partial charge on any atom is 0.137 e. The summed E-state index contributed by atoms with van der Waals surface area (Å²) in [7, 11) is 1.51. The number of methoxy groups -OCH3 is 1. The van der Waals surface area contributed by atoms with E-state index in [0.717, 1.165) is 11.6 Å². The summed E-state index contributed by atoms with van der Waals surface area (Å²) in [6, 6.07) is 8.19. The molecule has 0 aliphatic carbocycles. The molecule has 106 valence electrons. The number of hydrogen-bond acceptors (Lipinski definition) is 2. The largest absolute Gasteiger partial charge is 0.495 e. The van der Waals surface area contributed by atoms with Crippen molar-refractivity contribution in [1.29, 1.82) is 0 Å². The van der Waals surface area contributed by atoms with Crippen LogP contribution in [-0.2, 0) is 6.42 Å². The molecular weight excluding hydrogens is 284 g/mol. The molecule has 0 saturated heterocycles. The fourth-order valence-electron chi connectivity index (χ4n) is 1.95. The average molecular weight is 298 g/mol. The normalized spacial score (nSPS) is 12.2. The van der Waals surface area contributed by atoms with Crippen LogP contribution in [0.4, 0.5) is 8.78 Å². The Labute approximate surface area is 121 Å². The maximum absolute atomic E-state index is 13.6. The van der Waals surface area contributed by atoms with Gasteiger partial charge in [0.05, 0.1) is 12.1 Å². The fraction of sp³-hybridized carbons (Fsp3) is 0.200. The molecule has 2 aromatic carbocycles. The molecule has 2 N–H and O–H groups in total. The molecule has 5 heteroatoms. The van der Waals surface area contributed by atoms with Crippen LogP contribution in [0.3, 0.4) is 0 Å². The lowest BCUT2D eigenvalue weighted by molar-refractivity contribution is 0.414. The quantitative estimate of drug-likeness (QED) is 0.930. The van der Waals surface area contributed by atoms with E-state index in [-0.39, 0.29) is 6.42 Å². The zero-order valence-electron chi connectivity index (χ0n) is 10.9. The van der Waals surface area contributed by atoms with Gasteiger partial charge in [-0.3, -0.25) is 0 Å². The minimum absolute atomic E-state index is 0.261. The lowest BCUT2D eigenvalue weighted by Crippen LogP contribution is -2.14. The van der Waals surface area contributed by atoms with Gasteiger partial charge in [0, 0.05) is 12.1 Å². The molecule has 0 amide bonds. The van der Waals surface area contributed by atoms with E-state index in [4.69, 9.17) is 22.1 Å². The van der Waals surface area contributed by atoms with Crippen LogP contribution in [0.15, 0.2) is 36.4 Å². The van der Waals surface area contributed by atoms with Crippen LogP contribution in [0.2, 0.25) is 5.02 Å². The van der Waals surface area contributed by atoms with Crippen LogP contribution in [-0.4, -0.2) is 7.11 Å². The van der Waals surface area contributed by atoms with Gasteiger partial charge in [0.25, 0.3) is 0 Å². The molecule has 0 bridgehead atoms. The Morgan fingerprint density at radius 2 is 1.95 bits per heavy atom. The van der Waals surface area contributed by atoms with E-state index < -0.39 is 17.7 Å². The van der Waals surface area contributed by atoms with Crippen molar-refractivity contribution in [3.63, 3.8) is 0 Å². The van der Waals surface area contributed by atoms with Crippen molar-refractivity contribution < 1.29 is 13.5 Å². The van der Waals surface area contributed by atoms with Gasteiger partial charge in [-0.1, -0.05) is 23.7 Å². The Kier molecular flexibility index (Phi) is 4.57. The van der Waals surface area contributed by atoms with E-state index in [1.807, 2.05) is 0 Å². The van der Waals surface area contributed by atoms with Crippen LogP contribution in [0.1, 0.15) is 17.2 Å². The highest BCUT2D eigenvalue weighted by Gasteiger charge is 2.13. The lowest BCUT2D eigenvalue weighted by Gasteiger charge is -2.14. The molecule has 20 heavy (non-hydrogen) atoms. The summed E-state index contributed by atoms with van der Waals surface area (Å²) in [6.07, 6.45) is 0.261. The predicted molar refractivity (Wildman–Crippen MR) is 75.0 cm³/mol. The highest BCUT2D eigenvalue weighted by molar-refractivity contribution is 6.32. The molecule has 2 rings (SSSR count). The summed E-state index contributed by atoms with van der Waals surface area (Å²) in [5, 5.41) is 0.483. The zero-order valence-corrected chi connectivity index (χ0v) is 11.6. The van der Waals surface area contributed by atoms with Crippen molar-refractivity contribution in [2.45, 2.75) is 12.5 Å². The van der Waals surface area contributed by atoms with Gasteiger partial charge >= 0.3 is 0 Å². The van der Waals surface area contributed by atoms with E-state index in [1.54, 1.807) is 18.2 Å². The third-order valence-corrected chi connectivity index (χ3v) is 3.37. The number of nitrogens with two attached hydrogens (primary N) is 1. The first kappa shape index (κ1) is 14.8. The minimum atomic E-state index is -0.604. The predicted octanol–water partition coefficient (Wildman–Crippen LogP) is 3.87. The van der Waals surface area contributed by atoms with Gasteiger partial charge in [-0.2, -0.15) is 0 Å². The summed E-state index contributed by atoms with van der Waals surface area (Å²) in [5.74, 6) is -0.687. The first-order valence-corrected chi connectivity index (χ1v) is 6.42. The number of hydrogen-bond donors (Lipinski definition) is 1. The molecule has 0 spiro atoms. The lowest BCUT2D eigenvalue weighted by atomic mass is 9.99. The van der Waals surface area contributed by atoms with Crippen molar-refractivity contribution in [3.05, 3.63) is 64.2 Å². The van der Waals surface area contributed by atoms with Gasteiger partial charge in [-0.15, -0.1) is 0 Å². The summed E-state index contributed by atoms with van der Waals surface area (Å²) >= 11 is 5.94. The monoisotopic (exact) mass is 297 g/mol. The van der Waals surface area contributed by atoms with Crippen molar-refractivity contribution in [2.75, 3.05) is 7.11 Å². The Balaban J connectivity index is 2.21. The van der Waals surface area contributed by atoms with E-state index in [9.17, 15) is 8.78 Å². The molecule has 0 fully saturated rings. The van der Waals surface area contributed by atoms with E-state index >= 15 is 0 Å². The van der Waals surface area contributed by atoms with Crippen molar-refractivity contribution in [2.24, 2.45) is 5.73 Å². The average Bonchev–Trinajstić information content (AvgIpc) is 2.42. The van der Waals surface area contributed by atoms with Gasteiger partial charge in [0.15, 0.2) is 0 Å². The highest BCUT2D eigenvalue weighted by atomic mass is 35.5. The van der Waals surface area contributed by atoms with Crippen LogP contribution in [0, 0.1) is 11.6 Å². The molecule has 0 heterocycles. The third kappa shape index (κ3) is 3.26. The Bertz CT molecular complexity index is 619. The van der Waals surface area contributed by atoms with Crippen LogP contribution >= 0.6 is 11.6 Å². The van der Waals surface area contributed by atoms with Crippen molar-refractivity contribution in [1.82, 2.24) is 0 Å². The van der Waals surface area contributed by atoms with Crippen molar-refractivity contribution in [3.8, 4) is 5.75 Å². The summed E-state index contributed by atoms with van der Waals surface area (Å²) in [6.45, 7) is 0. The molecule has 0 aromatic heterocycles. The first-order chi connectivity index (χ1) is 9.51. The molecule has 0 aliphatic heterocycles. The van der Waals surface area contributed by atoms with Gasteiger partial charge in [-0.05, 0) is 35.7 Å². The molecule has 0 radical (unpaired) electrons. The molecule has 2 aromatic rings. The van der Waals surface area contributed by atoms with Crippen LogP contribution in [0.25, 0.3) is 0 Å². The smallest absolute Gasteiger partial charge is 0.137 e. The first-order valence-electron chi connectivity index (χ1n) is 6.04. The molecular formula is C15H14ClF2NO. The third-order valence-electron chi connectivity index (χ3n) is 3.06. The molecule has 0 aliphatic rings. The summed E-state index contributed by atoms with van der Waals surface area (Å²) < 4.78 is 31.6. The maximum atomic E-state index is 13.6.